The largest absolute Gasteiger partial charge is 0.503 e. The lowest BCUT2D eigenvalue weighted by Gasteiger charge is -2.08. The van der Waals surface area contributed by atoms with E-state index in [0.29, 0.717) is 11.5 Å². The summed E-state index contributed by atoms with van der Waals surface area (Å²) in [5.74, 6) is -0.635. The third-order valence-corrected chi connectivity index (χ3v) is 4.50. The SMILES string of the molecule is CN(C)S(=O)(=O)c1snc(N)c1O. The van der Waals surface area contributed by atoms with Gasteiger partial charge >= 0.3 is 0 Å². The Morgan fingerprint density at radius 3 is 2.38 bits per heavy atom. The van der Waals surface area contributed by atoms with Gasteiger partial charge in [0.2, 0.25) is 0 Å². The molecule has 1 aromatic heterocycles. The second-order valence-corrected chi connectivity index (χ2v) is 5.61. The molecule has 0 spiro atoms. The second kappa shape index (κ2) is 3.13. The van der Waals surface area contributed by atoms with E-state index >= 15 is 0 Å². The Balaban J connectivity index is 3.32. The molecule has 0 amide bonds. The maximum Gasteiger partial charge on any atom is 0.257 e. The minimum atomic E-state index is -3.63. The molecule has 0 bridgehead atoms. The molecule has 0 aliphatic rings. The average molecular weight is 223 g/mol. The van der Waals surface area contributed by atoms with Crippen molar-refractivity contribution in [1.82, 2.24) is 8.68 Å². The van der Waals surface area contributed by atoms with E-state index in [4.69, 9.17) is 5.73 Å². The molecule has 1 aromatic rings. The highest BCUT2D eigenvalue weighted by Crippen LogP contribution is 2.33. The van der Waals surface area contributed by atoms with Crippen LogP contribution in [0.25, 0.3) is 0 Å². The standard InChI is InChI=1S/C5H9N3O3S2/c1-8(2)13(10,11)5-3(9)4(6)7-12-5/h9H,1-2H3,(H2,6,7). The lowest BCUT2D eigenvalue weighted by atomic mass is 10.6. The molecule has 6 nitrogen and oxygen atoms in total. The van der Waals surface area contributed by atoms with Crippen LogP contribution in [-0.2, 0) is 10.0 Å². The van der Waals surface area contributed by atoms with Crippen molar-refractivity contribution in [1.29, 1.82) is 0 Å². The molecule has 74 valence electrons. The summed E-state index contributed by atoms with van der Waals surface area (Å²) in [6.45, 7) is 0. The lowest BCUT2D eigenvalue weighted by Crippen LogP contribution is -2.21. The van der Waals surface area contributed by atoms with E-state index in [1.807, 2.05) is 0 Å². The van der Waals surface area contributed by atoms with E-state index in [0.717, 1.165) is 4.31 Å². The first kappa shape index (κ1) is 10.2. The van der Waals surface area contributed by atoms with Gasteiger partial charge in [-0.1, -0.05) is 0 Å². The fourth-order valence-electron chi connectivity index (χ4n) is 0.617. The summed E-state index contributed by atoms with van der Waals surface area (Å²) in [5.41, 5.74) is 5.20. The molecular formula is C5H9N3O3S2. The number of hydrogen-bond donors (Lipinski definition) is 2. The number of aromatic hydroxyl groups is 1. The predicted octanol–water partition coefficient (Wildman–Crippen LogP) is -0.319. The van der Waals surface area contributed by atoms with Gasteiger partial charge < -0.3 is 10.8 Å². The second-order valence-electron chi connectivity index (χ2n) is 2.49. The first-order valence-electron chi connectivity index (χ1n) is 3.24. The number of hydrogen-bond acceptors (Lipinski definition) is 6. The minimum Gasteiger partial charge on any atom is -0.503 e. The zero-order valence-corrected chi connectivity index (χ0v) is 8.68. The van der Waals surface area contributed by atoms with Crippen LogP contribution in [0.15, 0.2) is 4.21 Å². The Labute approximate surface area is 79.8 Å². The fourth-order valence-corrected chi connectivity index (χ4v) is 2.69. The van der Waals surface area contributed by atoms with Gasteiger partial charge in [-0.15, -0.1) is 0 Å². The van der Waals surface area contributed by atoms with Gasteiger partial charge in [-0.2, -0.15) is 4.37 Å². The molecule has 0 saturated heterocycles. The Morgan fingerprint density at radius 1 is 1.54 bits per heavy atom. The van der Waals surface area contributed by atoms with Crippen LogP contribution in [0.1, 0.15) is 0 Å². The van der Waals surface area contributed by atoms with Crippen molar-refractivity contribution in [2.75, 3.05) is 19.8 Å². The molecule has 0 atom stereocenters. The van der Waals surface area contributed by atoms with Crippen LogP contribution in [0.2, 0.25) is 0 Å². The highest BCUT2D eigenvalue weighted by Gasteiger charge is 2.26. The van der Waals surface area contributed by atoms with Crippen LogP contribution in [-0.4, -0.2) is 36.3 Å². The molecule has 0 fully saturated rings. The Kier molecular flexibility index (Phi) is 2.46. The van der Waals surface area contributed by atoms with E-state index in [2.05, 4.69) is 4.37 Å². The van der Waals surface area contributed by atoms with Gasteiger partial charge in [0.25, 0.3) is 10.0 Å². The van der Waals surface area contributed by atoms with Crippen LogP contribution in [0.3, 0.4) is 0 Å². The summed E-state index contributed by atoms with van der Waals surface area (Å²) >= 11 is 0.657. The topological polar surface area (TPSA) is 96.5 Å². The number of sulfonamides is 1. The van der Waals surface area contributed by atoms with E-state index in [9.17, 15) is 13.5 Å². The molecule has 1 rings (SSSR count). The summed E-state index contributed by atoms with van der Waals surface area (Å²) in [6, 6.07) is 0. The van der Waals surface area contributed by atoms with Crippen molar-refractivity contribution in [3.05, 3.63) is 0 Å². The lowest BCUT2D eigenvalue weighted by molar-refractivity contribution is 0.460. The van der Waals surface area contributed by atoms with E-state index in [1.54, 1.807) is 0 Å². The third-order valence-electron chi connectivity index (χ3n) is 1.38. The van der Waals surface area contributed by atoms with E-state index in [1.165, 1.54) is 14.1 Å². The maximum atomic E-state index is 11.4. The van der Waals surface area contributed by atoms with Crippen LogP contribution < -0.4 is 5.73 Å². The molecule has 0 unspecified atom stereocenters. The number of rotatable bonds is 2. The van der Waals surface area contributed by atoms with Crippen LogP contribution in [0.5, 0.6) is 5.75 Å². The molecular weight excluding hydrogens is 214 g/mol. The molecule has 0 aliphatic carbocycles. The zero-order valence-electron chi connectivity index (χ0n) is 7.05. The maximum absolute atomic E-state index is 11.4. The van der Waals surface area contributed by atoms with E-state index in [-0.39, 0.29) is 10.0 Å². The quantitative estimate of drug-likeness (QED) is 0.716. The van der Waals surface area contributed by atoms with Gasteiger partial charge in [0.1, 0.15) is 0 Å². The number of nitrogens with two attached hydrogens (primary N) is 1. The van der Waals surface area contributed by atoms with Crippen molar-refractivity contribution in [2.45, 2.75) is 4.21 Å². The third kappa shape index (κ3) is 1.60. The molecule has 0 saturated carbocycles. The Hall–Kier alpha value is -0.860. The number of anilines is 1. The molecule has 0 aliphatic heterocycles. The monoisotopic (exact) mass is 223 g/mol. The highest BCUT2D eigenvalue weighted by molar-refractivity contribution is 7.91. The summed E-state index contributed by atoms with van der Waals surface area (Å²) in [5, 5.41) is 9.24. The summed E-state index contributed by atoms with van der Waals surface area (Å²) in [6.07, 6.45) is 0. The van der Waals surface area contributed by atoms with E-state index < -0.39 is 15.8 Å². The molecule has 8 heteroatoms. The first-order valence-corrected chi connectivity index (χ1v) is 5.45. The highest BCUT2D eigenvalue weighted by atomic mass is 32.2. The van der Waals surface area contributed by atoms with Gasteiger partial charge in [0, 0.05) is 14.1 Å². The fraction of sp³-hybridized carbons (Fsp3) is 0.400. The summed E-state index contributed by atoms with van der Waals surface area (Å²) < 4.78 is 27.2. The van der Waals surface area contributed by atoms with Crippen LogP contribution in [0.4, 0.5) is 5.82 Å². The van der Waals surface area contributed by atoms with Crippen molar-refractivity contribution in [3.8, 4) is 5.75 Å². The average Bonchev–Trinajstić information content (AvgIpc) is 2.33. The van der Waals surface area contributed by atoms with Crippen molar-refractivity contribution < 1.29 is 13.5 Å². The first-order chi connectivity index (χ1) is 5.87. The van der Waals surface area contributed by atoms with Gasteiger partial charge in [0.15, 0.2) is 15.8 Å². The van der Waals surface area contributed by atoms with Gasteiger partial charge in [-0.05, 0) is 11.5 Å². The smallest absolute Gasteiger partial charge is 0.257 e. The minimum absolute atomic E-state index is 0.162. The summed E-state index contributed by atoms with van der Waals surface area (Å²) in [7, 11) is -0.896. The van der Waals surface area contributed by atoms with Crippen molar-refractivity contribution in [2.24, 2.45) is 0 Å². The van der Waals surface area contributed by atoms with Crippen LogP contribution in [0, 0.1) is 0 Å². The van der Waals surface area contributed by atoms with Crippen molar-refractivity contribution in [3.63, 3.8) is 0 Å². The zero-order chi connectivity index (χ0) is 10.2. The van der Waals surface area contributed by atoms with Gasteiger partial charge in [0.05, 0.1) is 0 Å². The predicted molar refractivity (Wildman–Crippen MR) is 49.1 cm³/mol. The Morgan fingerprint density at radius 2 is 2.08 bits per heavy atom. The number of nitrogen functional groups attached to an aromatic ring is 1. The molecule has 13 heavy (non-hydrogen) atoms. The van der Waals surface area contributed by atoms with Gasteiger partial charge in [-0.3, -0.25) is 0 Å². The van der Waals surface area contributed by atoms with Gasteiger partial charge in [-0.25, -0.2) is 12.7 Å². The summed E-state index contributed by atoms with van der Waals surface area (Å²) in [4.78, 5) is 0. The van der Waals surface area contributed by atoms with Crippen molar-refractivity contribution >= 4 is 27.4 Å². The molecule has 3 N–H and O–H groups in total. The molecule has 1 heterocycles. The molecule has 0 radical (unpaired) electrons. The van der Waals surface area contributed by atoms with Crippen LogP contribution >= 0.6 is 11.5 Å². The number of nitrogens with zero attached hydrogens (tertiary/aromatic N) is 2. The molecule has 0 aromatic carbocycles. The normalized spacial score (nSPS) is 12.2. The Bertz CT molecular complexity index is 409. The number of aromatic nitrogens is 1.